The fourth-order valence-electron chi connectivity index (χ4n) is 3.33. The van der Waals surface area contributed by atoms with Gasteiger partial charge >= 0.3 is 0 Å². The Balaban J connectivity index is 1.93. The number of hydrogen-bond donors (Lipinski definition) is 1. The maximum atomic E-state index is 12.5. The zero-order valence-corrected chi connectivity index (χ0v) is 16.4. The number of rotatable bonds is 3. The Morgan fingerprint density at radius 2 is 1.86 bits per heavy atom. The van der Waals surface area contributed by atoms with E-state index in [2.05, 4.69) is 6.07 Å². The summed E-state index contributed by atoms with van der Waals surface area (Å²) in [4.78, 5) is 17.3. The molecule has 0 aliphatic heterocycles. The van der Waals surface area contributed by atoms with Gasteiger partial charge in [0.25, 0.3) is 5.56 Å². The molecule has 0 aliphatic carbocycles. The van der Waals surface area contributed by atoms with Crippen LogP contribution in [0.25, 0.3) is 22.2 Å². The number of nitrogens with two attached hydrogens (primary N) is 1. The van der Waals surface area contributed by atoms with Gasteiger partial charge in [0.05, 0.1) is 34.4 Å². The molecule has 0 saturated carbocycles. The molecule has 0 fully saturated rings. The Labute approximate surface area is 172 Å². The van der Waals surface area contributed by atoms with E-state index in [4.69, 9.17) is 22.3 Å². The van der Waals surface area contributed by atoms with Crippen LogP contribution in [0.4, 0.5) is 0 Å². The number of hydrogen-bond acceptors (Lipinski definition) is 4. The SMILES string of the molecule is Cn1c(=O)cc(-c2cccc(C#N)c2)c2nc(C(N)c3ccc(Cl)cc3)ccc21. The molecule has 142 valence electrons. The predicted molar refractivity (Wildman–Crippen MR) is 115 cm³/mol. The summed E-state index contributed by atoms with van der Waals surface area (Å²) in [6.07, 6.45) is 0. The summed E-state index contributed by atoms with van der Waals surface area (Å²) in [5.74, 6) is 0. The van der Waals surface area contributed by atoms with Crippen molar-refractivity contribution in [3.8, 4) is 17.2 Å². The minimum Gasteiger partial charge on any atom is -0.319 e. The zero-order valence-electron chi connectivity index (χ0n) is 15.6. The standard InChI is InChI=1S/C23H17ClN4O/c1-28-20-10-9-19(22(26)15-5-7-17(24)8-6-15)27-23(20)18(12-21(28)29)16-4-2-3-14(11-16)13-25/h2-12,22H,26H2,1H3. The number of fused-ring (bicyclic) bond motifs is 1. The number of halogens is 1. The lowest BCUT2D eigenvalue weighted by molar-refractivity contribution is 0.831. The van der Waals surface area contributed by atoms with Gasteiger partial charge in [0.2, 0.25) is 0 Å². The molecular weight excluding hydrogens is 384 g/mol. The molecule has 2 N–H and O–H groups in total. The van der Waals surface area contributed by atoms with Gasteiger partial charge in [0.15, 0.2) is 0 Å². The van der Waals surface area contributed by atoms with Gasteiger partial charge in [0.1, 0.15) is 0 Å². The number of pyridine rings is 2. The van der Waals surface area contributed by atoms with Crippen molar-refractivity contribution in [2.45, 2.75) is 6.04 Å². The molecular formula is C23H17ClN4O. The highest BCUT2D eigenvalue weighted by Gasteiger charge is 2.15. The van der Waals surface area contributed by atoms with Gasteiger partial charge in [-0.1, -0.05) is 35.9 Å². The summed E-state index contributed by atoms with van der Waals surface area (Å²) in [6, 6.07) is 21.4. The predicted octanol–water partition coefficient (Wildman–Crippen LogP) is 4.17. The molecule has 0 spiro atoms. The fraction of sp³-hybridized carbons (Fsp3) is 0.0870. The highest BCUT2D eigenvalue weighted by molar-refractivity contribution is 6.30. The van der Waals surface area contributed by atoms with Crippen LogP contribution < -0.4 is 11.3 Å². The number of benzene rings is 2. The second-order valence-corrected chi connectivity index (χ2v) is 7.22. The van der Waals surface area contributed by atoms with E-state index in [0.29, 0.717) is 32.9 Å². The highest BCUT2D eigenvalue weighted by atomic mass is 35.5. The van der Waals surface area contributed by atoms with Crippen LogP contribution in [0.1, 0.15) is 22.9 Å². The molecule has 4 rings (SSSR count). The van der Waals surface area contributed by atoms with Crippen LogP contribution in [0.3, 0.4) is 0 Å². The third-order valence-electron chi connectivity index (χ3n) is 4.96. The summed E-state index contributed by atoms with van der Waals surface area (Å²) in [6.45, 7) is 0. The van der Waals surface area contributed by atoms with Gasteiger partial charge in [-0.2, -0.15) is 5.26 Å². The van der Waals surface area contributed by atoms with Gasteiger partial charge in [-0.05, 0) is 47.5 Å². The van der Waals surface area contributed by atoms with E-state index < -0.39 is 6.04 Å². The molecule has 0 amide bonds. The van der Waals surface area contributed by atoms with E-state index in [1.807, 2.05) is 30.3 Å². The van der Waals surface area contributed by atoms with Crippen molar-refractivity contribution < 1.29 is 0 Å². The number of nitriles is 1. The van der Waals surface area contributed by atoms with E-state index >= 15 is 0 Å². The fourth-order valence-corrected chi connectivity index (χ4v) is 3.46. The Bertz CT molecular complexity index is 1320. The monoisotopic (exact) mass is 400 g/mol. The number of aromatic nitrogens is 2. The van der Waals surface area contributed by atoms with E-state index in [1.54, 1.807) is 48.0 Å². The molecule has 6 heteroatoms. The van der Waals surface area contributed by atoms with Gasteiger partial charge in [-0.25, -0.2) is 4.98 Å². The Morgan fingerprint density at radius 3 is 2.59 bits per heavy atom. The van der Waals surface area contributed by atoms with E-state index in [9.17, 15) is 10.1 Å². The van der Waals surface area contributed by atoms with Crippen LogP contribution >= 0.6 is 11.6 Å². The molecule has 1 unspecified atom stereocenters. The van der Waals surface area contributed by atoms with Gasteiger partial charge in [0, 0.05) is 23.7 Å². The largest absolute Gasteiger partial charge is 0.319 e. The summed E-state index contributed by atoms with van der Waals surface area (Å²) < 4.78 is 1.55. The van der Waals surface area contributed by atoms with Gasteiger partial charge in [-0.15, -0.1) is 0 Å². The highest BCUT2D eigenvalue weighted by Crippen LogP contribution is 2.28. The summed E-state index contributed by atoms with van der Waals surface area (Å²) in [5, 5.41) is 9.87. The van der Waals surface area contributed by atoms with Crippen molar-refractivity contribution in [2.24, 2.45) is 12.8 Å². The van der Waals surface area contributed by atoms with Crippen LogP contribution in [0.2, 0.25) is 5.02 Å². The zero-order chi connectivity index (χ0) is 20.5. The molecule has 2 aromatic carbocycles. The molecule has 0 bridgehead atoms. The van der Waals surface area contributed by atoms with Crippen LogP contribution in [0, 0.1) is 11.3 Å². The van der Waals surface area contributed by atoms with Crippen LogP contribution in [-0.4, -0.2) is 9.55 Å². The maximum Gasteiger partial charge on any atom is 0.251 e. The third kappa shape index (κ3) is 3.52. The Hall–Kier alpha value is -3.46. The first-order valence-corrected chi connectivity index (χ1v) is 9.38. The first-order chi connectivity index (χ1) is 14.0. The van der Waals surface area contributed by atoms with Crippen LogP contribution in [0.15, 0.2) is 71.5 Å². The molecule has 2 aromatic heterocycles. The second-order valence-electron chi connectivity index (χ2n) is 6.78. The molecule has 0 aliphatic rings. The second kappa shape index (κ2) is 7.51. The summed E-state index contributed by atoms with van der Waals surface area (Å²) in [7, 11) is 1.71. The molecule has 0 radical (unpaired) electrons. The van der Waals surface area contributed by atoms with Crippen molar-refractivity contribution in [2.75, 3.05) is 0 Å². The first kappa shape index (κ1) is 18.9. The normalized spacial score (nSPS) is 11.9. The van der Waals surface area contributed by atoms with E-state index in [-0.39, 0.29) is 5.56 Å². The van der Waals surface area contributed by atoms with Gasteiger partial charge in [-0.3, -0.25) is 4.79 Å². The van der Waals surface area contributed by atoms with E-state index in [0.717, 1.165) is 11.1 Å². The van der Waals surface area contributed by atoms with Crippen molar-refractivity contribution >= 4 is 22.6 Å². The molecule has 29 heavy (non-hydrogen) atoms. The first-order valence-electron chi connectivity index (χ1n) is 9.00. The minimum atomic E-state index is -0.438. The van der Waals surface area contributed by atoms with Crippen molar-refractivity contribution in [3.63, 3.8) is 0 Å². The smallest absolute Gasteiger partial charge is 0.251 e. The molecule has 2 heterocycles. The van der Waals surface area contributed by atoms with Crippen LogP contribution in [-0.2, 0) is 7.05 Å². The van der Waals surface area contributed by atoms with Crippen molar-refractivity contribution in [1.29, 1.82) is 5.26 Å². The summed E-state index contributed by atoms with van der Waals surface area (Å²) >= 11 is 5.97. The quantitative estimate of drug-likeness (QED) is 0.559. The minimum absolute atomic E-state index is 0.147. The molecule has 4 aromatic rings. The van der Waals surface area contributed by atoms with Crippen LogP contribution in [0.5, 0.6) is 0 Å². The topological polar surface area (TPSA) is 84.7 Å². The van der Waals surface area contributed by atoms with Crippen molar-refractivity contribution in [3.05, 3.63) is 98.9 Å². The lowest BCUT2D eigenvalue weighted by atomic mass is 10.0. The third-order valence-corrected chi connectivity index (χ3v) is 5.21. The van der Waals surface area contributed by atoms with E-state index in [1.165, 1.54) is 0 Å². The molecule has 0 saturated heterocycles. The average molecular weight is 401 g/mol. The maximum absolute atomic E-state index is 12.5. The summed E-state index contributed by atoms with van der Waals surface area (Å²) in [5.41, 5.74) is 11.2. The number of nitrogens with zero attached hydrogens (tertiary/aromatic N) is 3. The van der Waals surface area contributed by atoms with Gasteiger partial charge < -0.3 is 10.3 Å². The number of aryl methyl sites for hydroxylation is 1. The molecule has 5 nitrogen and oxygen atoms in total. The lowest BCUT2D eigenvalue weighted by Gasteiger charge is -2.15. The average Bonchev–Trinajstić information content (AvgIpc) is 2.76. The Morgan fingerprint density at radius 1 is 1.10 bits per heavy atom. The lowest BCUT2D eigenvalue weighted by Crippen LogP contribution is -2.18. The molecule has 1 atom stereocenters. The Kier molecular flexibility index (Phi) is 4.89. The van der Waals surface area contributed by atoms with Crippen molar-refractivity contribution in [1.82, 2.24) is 9.55 Å².